The third-order valence-corrected chi connectivity index (χ3v) is 6.54. The number of rotatable bonds is 1. The zero-order chi connectivity index (χ0) is 15.5. The van der Waals surface area contributed by atoms with Gasteiger partial charge in [0.25, 0.3) is 0 Å². The quantitative estimate of drug-likeness (QED) is 0.762. The fraction of sp³-hybridized carbons (Fsp3) is 0.550. The summed E-state index contributed by atoms with van der Waals surface area (Å²) in [6.45, 7) is 4.42. The molecule has 0 unspecified atom stereocenters. The van der Waals surface area contributed by atoms with Crippen LogP contribution in [-0.2, 0) is 4.79 Å². The maximum Gasteiger partial charge on any atom is 0.139 e. The Kier molecular flexibility index (Phi) is 3.01. The van der Waals surface area contributed by atoms with Crippen LogP contribution in [0.1, 0.15) is 55.2 Å². The summed E-state index contributed by atoms with van der Waals surface area (Å²) in [5.74, 6) is 3.09. The summed E-state index contributed by atoms with van der Waals surface area (Å²) in [4.78, 5) is 12.4. The van der Waals surface area contributed by atoms with Crippen molar-refractivity contribution in [3.63, 3.8) is 0 Å². The Morgan fingerprint density at radius 1 is 1.27 bits per heavy atom. The number of ketones is 1. The van der Waals surface area contributed by atoms with Gasteiger partial charge in [-0.1, -0.05) is 19.1 Å². The van der Waals surface area contributed by atoms with E-state index in [4.69, 9.17) is 4.74 Å². The van der Waals surface area contributed by atoms with Crippen LogP contribution in [0.5, 0.6) is 5.75 Å². The molecule has 2 saturated carbocycles. The van der Waals surface area contributed by atoms with Crippen molar-refractivity contribution < 1.29 is 9.53 Å². The molecule has 0 saturated heterocycles. The maximum absolute atomic E-state index is 12.4. The summed E-state index contributed by atoms with van der Waals surface area (Å²) in [5, 5.41) is 0. The molecule has 0 aromatic heterocycles. The average molecular weight is 296 g/mol. The number of carbonyl (C=O) groups is 1. The zero-order valence-corrected chi connectivity index (χ0v) is 13.7. The Morgan fingerprint density at radius 3 is 2.86 bits per heavy atom. The molecular formula is C20H24O2. The second-order valence-electron chi connectivity index (χ2n) is 7.51. The van der Waals surface area contributed by atoms with E-state index in [-0.39, 0.29) is 5.41 Å². The molecular weight excluding hydrogens is 272 g/mol. The van der Waals surface area contributed by atoms with Crippen molar-refractivity contribution >= 4 is 11.9 Å². The molecule has 0 spiro atoms. The van der Waals surface area contributed by atoms with Crippen LogP contribution in [0.4, 0.5) is 0 Å². The zero-order valence-electron chi connectivity index (χ0n) is 13.7. The number of fused-ring (bicyclic) bond motifs is 5. The normalized spacial score (nSPS) is 35.8. The third kappa shape index (κ3) is 1.76. The smallest absolute Gasteiger partial charge is 0.139 e. The molecule has 3 aliphatic rings. The van der Waals surface area contributed by atoms with Gasteiger partial charge in [-0.25, -0.2) is 0 Å². The third-order valence-electron chi connectivity index (χ3n) is 6.54. The number of ether oxygens (including phenoxy) is 1. The lowest BCUT2D eigenvalue weighted by molar-refractivity contribution is -0.128. The molecule has 22 heavy (non-hydrogen) atoms. The van der Waals surface area contributed by atoms with E-state index < -0.39 is 0 Å². The van der Waals surface area contributed by atoms with Gasteiger partial charge >= 0.3 is 0 Å². The van der Waals surface area contributed by atoms with E-state index in [1.165, 1.54) is 16.7 Å². The SMILES string of the molecule is COc1cc(C)c2c(c1)C=C[C@@H]1[C@@H]2CC[C@]2(C)C(=O)CC[C@H]12. The number of Topliss-reactive ketones (excluding diaryl/α,β-unsaturated/α-hetero) is 1. The minimum Gasteiger partial charge on any atom is -0.497 e. The van der Waals surface area contributed by atoms with Gasteiger partial charge in [-0.05, 0) is 72.8 Å². The van der Waals surface area contributed by atoms with Crippen molar-refractivity contribution in [3.05, 3.63) is 34.9 Å². The molecule has 0 radical (unpaired) electrons. The molecule has 0 N–H and O–H groups in total. The van der Waals surface area contributed by atoms with Gasteiger partial charge in [0.1, 0.15) is 11.5 Å². The van der Waals surface area contributed by atoms with Gasteiger partial charge in [-0.3, -0.25) is 4.79 Å². The van der Waals surface area contributed by atoms with Crippen molar-refractivity contribution in [1.29, 1.82) is 0 Å². The fourth-order valence-corrected chi connectivity index (χ4v) is 5.34. The molecule has 1 aromatic carbocycles. The molecule has 4 rings (SSSR count). The van der Waals surface area contributed by atoms with Crippen LogP contribution in [0, 0.1) is 24.2 Å². The summed E-state index contributed by atoms with van der Waals surface area (Å²) >= 11 is 0. The van der Waals surface area contributed by atoms with E-state index in [9.17, 15) is 4.79 Å². The second-order valence-corrected chi connectivity index (χ2v) is 7.51. The van der Waals surface area contributed by atoms with Crippen LogP contribution in [-0.4, -0.2) is 12.9 Å². The van der Waals surface area contributed by atoms with Crippen molar-refractivity contribution in [1.82, 2.24) is 0 Å². The summed E-state index contributed by atoms with van der Waals surface area (Å²) in [6, 6.07) is 4.31. The van der Waals surface area contributed by atoms with Crippen molar-refractivity contribution in [2.75, 3.05) is 7.11 Å². The molecule has 2 nitrogen and oxygen atoms in total. The molecule has 116 valence electrons. The van der Waals surface area contributed by atoms with Crippen LogP contribution < -0.4 is 4.74 Å². The molecule has 0 heterocycles. The van der Waals surface area contributed by atoms with Crippen molar-refractivity contribution in [2.24, 2.45) is 17.3 Å². The predicted molar refractivity (Wildman–Crippen MR) is 88.1 cm³/mol. The highest BCUT2D eigenvalue weighted by atomic mass is 16.5. The van der Waals surface area contributed by atoms with Gasteiger partial charge in [-0.2, -0.15) is 0 Å². The largest absolute Gasteiger partial charge is 0.497 e. The summed E-state index contributed by atoms with van der Waals surface area (Å²) < 4.78 is 5.42. The van der Waals surface area contributed by atoms with E-state index in [1.807, 2.05) is 0 Å². The van der Waals surface area contributed by atoms with Gasteiger partial charge in [0.2, 0.25) is 0 Å². The molecule has 4 atom stereocenters. The Hall–Kier alpha value is -1.57. The minimum absolute atomic E-state index is 0.0661. The predicted octanol–water partition coefficient (Wildman–Crippen LogP) is 4.51. The number of hydrogen-bond acceptors (Lipinski definition) is 2. The number of benzene rings is 1. The van der Waals surface area contributed by atoms with E-state index >= 15 is 0 Å². The molecule has 0 aliphatic heterocycles. The molecule has 2 heteroatoms. The lowest BCUT2D eigenvalue weighted by Gasteiger charge is -2.46. The van der Waals surface area contributed by atoms with E-state index in [1.54, 1.807) is 7.11 Å². The topological polar surface area (TPSA) is 26.3 Å². The Labute approximate surface area is 132 Å². The van der Waals surface area contributed by atoms with Gasteiger partial charge in [0, 0.05) is 11.8 Å². The number of aryl methyl sites for hydroxylation is 1. The fourth-order valence-electron chi connectivity index (χ4n) is 5.34. The van der Waals surface area contributed by atoms with E-state index in [0.29, 0.717) is 23.5 Å². The van der Waals surface area contributed by atoms with E-state index in [0.717, 1.165) is 31.4 Å². The van der Waals surface area contributed by atoms with Crippen molar-refractivity contribution in [2.45, 2.75) is 45.4 Å². The number of allylic oxidation sites excluding steroid dienone is 1. The first-order valence-electron chi connectivity index (χ1n) is 8.44. The minimum atomic E-state index is -0.0661. The van der Waals surface area contributed by atoms with Crippen LogP contribution in [0.2, 0.25) is 0 Å². The van der Waals surface area contributed by atoms with Gasteiger partial charge < -0.3 is 4.74 Å². The average Bonchev–Trinajstić information content (AvgIpc) is 2.82. The first-order valence-corrected chi connectivity index (χ1v) is 8.44. The lowest BCUT2D eigenvalue weighted by atomic mass is 9.57. The van der Waals surface area contributed by atoms with Crippen LogP contribution in [0.15, 0.2) is 18.2 Å². The number of hydrogen-bond donors (Lipinski definition) is 0. The summed E-state index contributed by atoms with van der Waals surface area (Å²) in [7, 11) is 1.73. The Bertz CT molecular complexity index is 673. The molecule has 1 aromatic rings. The summed E-state index contributed by atoms with van der Waals surface area (Å²) in [5.41, 5.74) is 4.07. The molecule has 0 amide bonds. The van der Waals surface area contributed by atoms with Gasteiger partial charge in [0.15, 0.2) is 0 Å². The molecule has 3 aliphatic carbocycles. The van der Waals surface area contributed by atoms with Gasteiger partial charge in [-0.15, -0.1) is 0 Å². The molecule has 0 bridgehead atoms. The molecule has 2 fully saturated rings. The maximum atomic E-state index is 12.4. The highest BCUT2D eigenvalue weighted by Gasteiger charge is 2.53. The Morgan fingerprint density at radius 2 is 2.09 bits per heavy atom. The summed E-state index contributed by atoms with van der Waals surface area (Å²) in [6.07, 6.45) is 8.69. The number of methoxy groups -OCH3 is 1. The standard InChI is InChI=1S/C20H24O2/c1-12-10-14(22-3)11-13-4-5-15-16(19(12)13)8-9-20(2)17(15)6-7-18(20)21/h4-5,10-11,15-17H,6-9H2,1-3H3/t15-,16+,17-,20+/m1/s1. The van der Waals surface area contributed by atoms with Crippen LogP contribution in [0.3, 0.4) is 0 Å². The monoisotopic (exact) mass is 296 g/mol. The first kappa shape index (κ1) is 14.0. The van der Waals surface area contributed by atoms with Crippen LogP contribution in [0.25, 0.3) is 6.08 Å². The van der Waals surface area contributed by atoms with Gasteiger partial charge in [0.05, 0.1) is 7.11 Å². The highest BCUT2D eigenvalue weighted by Crippen LogP contribution is 2.59. The number of carbonyl (C=O) groups excluding carboxylic acids is 1. The van der Waals surface area contributed by atoms with Crippen molar-refractivity contribution in [3.8, 4) is 5.75 Å². The first-order chi connectivity index (χ1) is 10.5. The lowest BCUT2D eigenvalue weighted by Crippen LogP contribution is -2.41. The van der Waals surface area contributed by atoms with E-state index in [2.05, 4.69) is 38.1 Å². The Balaban J connectivity index is 1.78. The van der Waals surface area contributed by atoms with Crippen LogP contribution >= 0.6 is 0 Å². The highest BCUT2D eigenvalue weighted by molar-refractivity contribution is 5.87. The second kappa shape index (κ2) is 4.71.